The fraction of sp³-hybridized carbons (Fsp3) is 0.300. The Kier molecular flexibility index (Phi) is 2.79. The average Bonchev–Trinajstić information content (AvgIpc) is 2.22. The van der Waals surface area contributed by atoms with Gasteiger partial charge in [-0.2, -0.15) is 0 Å². The molecule has 1 aromatic carbocycles. The standard InChI is InChI=1S/C10H9ClO4/c11-8-2-1-6(3-9(12)13)10-7(8)4-14-5-15-10/h1-2H,3-5H2,(H,12,13). The zero-order valence-electron chi connectivity index (χ0n) is 7.83. The van der Waals surface area contributed by atoms with Gasteiger partial charge >= 0.3 is 5.97 Å². The summed E-state index contributed by atoms with van der Waals surface area (Å²) in [5.74, 6) is -0.342. The van der Waals surface area contributed by atoms with Crippen LogP contribution in [0.15, 0.2) is 12.1 Å². The number of hydrogen-bond donors (Lipinski definition) is 1. The Morgan fingerprint density at radius 3 is 3.07 bits per heavy atom. The number of rotatable bonds is 2. The van der Waals surface area contributed by atoms with Crippen molar-refractivity contribution in [3.63, 3.8) is 0 Å². The molecular weight excluding hydrogens is 220 g/mol. The summed E-state index contributed by atoms with van der Waals surface area (Å²) in [5.41, 5.74) is 1.35. The largest absolute Gasteiger partial charge is 0.481 e. The minimum absolute atomic E-state index is 0.0699. The van der Waals surface area contributed by atoms with Gasteiger partial charge in [-0.15, -0.1) is 0 Å². The molecule has 0 aromatic heterocycles. The number of aliphatic carboxylic acids is 1. The SMILES string of the molecule is O=C(O)Cc1ccc(Cl)c2c1OCOC2. The Morgan fingerprint density at radius 1 is 1.53 bits per heavy atom. The maximum absolute atomic E-state index is 10.6. The Balaban J connectivity index is 2.43. The van der Waals surface area contributed by atoms with Crippen molar-refractivity contribution in [3.05, 3.63) is 28.3 Å². The van der Waals surface area contributed by atoms with Crippen LogP contribution in [0.4, 0.5) is 0 Å². The van der Waals surface area contributed by atoms with Crippen molar-refractivity contribution in [1.82, 2.24) is 0 Å². The van der Waals surface area contributed by atoms with Crippen LogP contribution in [0.25, 0.3) is 0 Å². The van der Waals surface area contributed by atoms with Crippen LogP contribution in [0.2, 0.25) is 5.02 Å². The second-order valence-corrected chi connectivity index (χ2v) is 3.60. The summed E-state index contributed by atoms with van der Waals surface area (Å²) in [7, 11) is 0. The van der Waals surface area contributed by atoms with Crippen molar-refractivity contribution in [1.29, 1.82) is 0 Å². The van der Waals surface area contributed by atoms with Gasteiger partial charge in [-0.25, -0.2) is 0 Å². The van der Waals surface area contributed by atoms with Crippen molar-refractivity contribution in [2.75, 3.05) is 6.79 Å². The lowest BCUT2D eigenvalue weighted by atomic mass is 10.1. The number of carbonyl (C=O) groups is 1. The molecule has 0 saturated heterocycles. The minimum atomic E-state index is -0.894. The van der Waals surface area contributed by atoms with E-state index in [-0.39, 0.29) is 13.2 Å². The van der Waals surface area contributed by atoms with Crippen molar-refractivity contribution >= 4 is 17.6 Å². The van der Waals surface area contributed by atoms with E-state index in [0.717, 1.165) is 5.56 Å². The highest BCUT2D eigenvalue weighted by atomic mass is 35.5. The predicted molar refractivity (Wildman–Crippen MR) is 53.1 cm³/mol. The maximum Gasteiger partial charge on any atom is 0.307 e. The molecule has 1 heterocycles. The molecule has 0 bridgehead atoms. The summed E-state index contributed by atoms with van der Waals surface area (Å²) in [5, 5.41) is 9.26. The average molecular weight is 229 g/mol. The summed E-state index contributed by atoms with van der Waals surface area (Å²) in [6, 6.07) is 3.33. The van der Waals surface area contributed by atoms with Gasteiger partial charge < -0.3 is 14.6 Å². The maximum atomic E-state index is 10.6. The Labute approximate surface area is 91.4 Å². The first kappa shape index (κ1) is 10.3. The lowest BCUT2D eigenvalue weighted by Crippen LogP contribution is -2.14. The molecule has 80 valence electrons. The van der Waals surface area contributed by atoms with Crippen molar-refractivity contribution in [2.24, 2.45) is 0 Å². The number of carboxylic acids is 1. The second kappa shape index (κ2) is 4.08. The molecule has 5 heteroatoms. The number of hydrogen-bond acceptors (Lipinski definition) is 3. The molecule has 0 saturated carbocycles. The minimum Gasteiger partial charge on any atom is -0.481 e. The van der Waals surface area contributed by atoms with Gasteiger partial charge in [-0.05, 0) is 6.07 Å². The molecule has 0 fully saturated rings. The molecule has 0 atom stereocenters. The van der Waals surface area contributed by atoms with Gasteiger partial charge in [0.25, 0.3) is 0 Å². The third kappa shape index (κ3) is 2.06. The van der Waals surface area contributed by atoms with Gasteiger partial charge in [0.2, 0.25) is 0 Å². The third-order valence-corrected chi connectivity index (χ3v) is 2.51. The van der Waals surface area contributed by atoms with Crippen LogP contribution < -0.4 is 4.74 Å². The Hall–Kier alpha value is -1.26. The monoisotopic (exact) mass is 228 g/mol. The molecule has 1 N–H and O–H groups in total. The Bertz CT molecular complexity index is 403. The second-order valence-electron chi connectivity index (χ2n) is 3.20. The first-order valence-electron chi connectivity index (χ1n) is 4.41. The lowest BCUT2D eigenvalue weighted by molar-refractivity contribution is -0.136. The highest BCUT2D eigenvalue weighted by Crippen LogP contribution is 2.33. The molecule has 1 aliphatic rings. The zero-order chi connectivity index (χ0) is 10.8. The molecule has 0 amide bonds. The van der Waals surface area contributed by atoms with Crippen LogP contribution in [-0.2, 0) is 22.6 Å². The van der Waals surface area contributed by atoms with Crippen LogP contribution in [0.1, 0.15) is 11.1 Å². The van der Waals surface area contributed by atoms with Gasteiger partial charge in [0.15, 0.2) is 6.79 Å². The fourth-order valence-corrected chi connectivity index (χ4v) is 1.72. The van der Waals surface area contributed by atoms with E-state index in [1.807, 2.05) is 0 Å². The van der Waals surface area contributed by atoms with E-state index in [2.05, 4.69) is 0 Å². The number of benzene rings is 1. The quantitative estimate of drug-likeness (QED) is 0.839. The van der Waals surface area contributed by atoms with Crippen LogP contribution in [0, 0.1) is 0 Å². The normalized spacial score (nSPS) is 14.2. The molecule has 4 nitrogen and oxygen atoms in total. The van der Waals surface area contributed by atoms with Crippen molar-refractivity contribution < 1.29 is 19.4 Å². The fourth-order valence-electron chi connectivity index (χ4n) is 1.51. The van der Waals surface area contributed by atoms with E-state index in [4.69, 9.17) is 26.2 Å². The molecule has 0 unspecified atom stereocenters. The van der Waals surface area contributed by atoms with Crippen molar-refractivity contribution in [2.45, 2.75) is 13.0 Å². The molecule has 2 rings (SSSR count). The van der Waals surface area contributed by atoms with Crippen molar-refractivity contribution in [3.8, 4) is 5.75 Å². The molecule has 0 spiro atoms. The van der Waals surface area contributed by atoms with Crippen LogP contribution in [0.5, 0.6) is 5.75 Å². The third-order valence-electron chi connectivity index (χ3n) is 2.16. The van der Waals surface area contributed by atoms with E-state index in [1.54, 1.807) is 12.1 Å². The van der Waals surface area contributed by atoms with E-state index >= 15 is 0 Å². The highest BCUT2D eigenvalue weighted by molar-refractivity contribution is 6.31. The number of fused-ring (bicyclic) bond motifs is 1. The summed E-state index contributed by atoms with van der Waals surface area (Å²) in [6.45, 7) is 0.502. The first-order valence-corrected chi connectivity index (χ1v) is 4.79. The van der Waals surface area contributed by atoms with E-state index in [0.29, 0.717) is 22.9 Å². The summed E-state index contributed by atoms with van der Waals surface area (Å²) >= 11 is 5.94. The number of carboxylic acid groups (broad SMARTS) is 1. The Morgan fingerprint density at radius 2 is 2.33 bits per heavy atom. The molecule has 1 aliphatic heterocycles. The van der Waals surface area contributed by atoms with Crippen LogP contribution in [0.3, 0.4) is 0 Å². The molecule has 1 aromatic rings. The highest BCUT2D eigenvalue weighted by Gasteiger charge is 2.19. The topological polar surface area (TPSA) is 55.8 Å². The number of halogens is 1. The van der Waals surface area contributed by atoms with Gasteiger partial charge in [0.1, 0.15) is 5.75 Å². The van der Waals surface area contributed by atoms with E-state index < -0.39 is 5.97 Å². The van der Waals surface area contributed by atoms with E-state index in [9.17, 15) is 4.79 Å². The summed E-state index contributed by atoms with van der Waals surface area (Å²) in [6.07, 6.45) is -0.0699. The lowest BCUT2D eigenvalue weighted by Gasteiger charge is -2.21. The van der Waals surface area contributed by atoms with Gasteiger partial charge in [0, 0.05) is 16.1 Å². The first-order chi connectivity index (χ1) is 7.18. The molecule has 0 radical (unpaired) electrons. The smallest absolute Gasteiger partial charge is 0.307 e. The zero-order valence-corrected chi connectivity index (χ0v) is 8.58. The summed E-state index contributed by atoms with van der Waals surface area (Å²) in [4.78, 5) is 10.6. The molecule has 0 aliphatic carbocycles. The van der Waals surface area contributed by atoms with Crippen LogP contribution >= 0.6 is 11.6 Å². The van der Waals surface area contributed by atoms with E-state index in [1.165, 1.54) is 0 Å². The number of ether oxygens (including phenoxy) is 2. The molecular formula is C10H9ClO4. The van der Waals surface area contributed by atoms with Gasteiger partial charge in [-0.1, -0.05) is 17.7 Å². The van der Waals surface area contributed by atoms with Gasteiger partial charge in [-0.3, -0.25) is 4.79 Å². The van der Waals surface area contributed by atoms with Crippen LogP contribution in [-0.4, -0.2) is 17.9 Å². The van der Waals surface area contributed by atoms with Gasteiger partial charge in [0.05, 0.1) is 13.0 Å². The summed E-state index contributed by atoms with van der Waals surface area (Å²) < 4.78 is 10.3. The predicted octanol–water partition coefficient (Wildman–Crippen LogP) is 1.83. The molecule has 15 heavy (non-hydrogen) atoms.